The Balaban J connectivity index is 2.43. The summed E-state index contributed by atoms with van der Waals surface area (Å²) in [6, 6.07) is 0.422. The van der Waals surface area contributed by atoms with Crippen molar-refractivity contribution in [2.75, 3.05) is 6.54 Å². The van der Waals surface area contributed by atoms with Crippen LogP contribution in [0, 0.1) is 0 Å². The molecule has 78 valence electrons. The third-order valence-corrected chi connectivity index (χ3v) is 2.76. The van der Waals surface area contributed by atoms with Crippen LogP contribution in [0.3, 0.4) is 0 Å². The first kappa shape index (κ1) is 11.4. The second-order valence-corrected chi connectivity index (χ2v) is 3.96. The van der Waals surface area contributed by atoms with Gasteiger partial charge in [-0.25, -0.2) is 4.98 Å². The van der Waals surface area contributed by atoms with E-state index >= 15 is 0 Å². The monoisotopic (exact) mass is 210 g/mol. The standard InChI is InChI=1S/C11H18N2S/c1-3-5-6-7-10(12-4-2)11-8-14-9-13-11/h3,8-10,12H,1,4-7H2,2H3. The molecule has 14 heavy (non-hydrogen) atoms. The summed E-state index contributed by atoms with van der Waals surface area (Å²) in [5, 5.41) is 5.58. The minimum atomic E-state index is 0.422. The molecule has 0 aliphatic carbocycles. The van der Waals surface area contributed by atoms with Crippen LogP contribution in [0.5, 0.6) is 0 Å². The van der Waals surface area contributed by atoms with Gasteiger partial charge in [-0.15, -0.1) is 17.9 Å². The van der Waals surface area contributed by atoms with Crippen molar-refractivity contribution in [2.24, 2.45) is 0 Å². The summed E-state index contributed by atoms with van der Waals surface area (Å²) in [6.45, 7) is 6.86. The molecule has 3 heteroatoms. The molecular weight excluding hydrogens is 192 g/mol. The first-order valence-electron chi connectivity index (χ1n) is 5.10. The third kappa shape index (κ3) is 3.60. The van der Waals surface area contributed by atoms with E-state index in [1.54, 1.807) is 11.3 Å². The van der Waals surface area contributed by atoms with Crippen LogP contribution in [-0.2, 0) is 0 Å². The van der Waals surface area contributed by atoms with Gasteiger partial charge in [0.1, 0.15) is 0 Å². The molecule has 1 heterocycles. The van der Waals surface area contributed by atoms with Crippen LogP contribution in [0.15, 0.2) is 23.5 Å². The summed E-state index contributed by atoms with van der Waals surface area (Å²) in [5.74, 6) is 0. The lowest BCUT2D eigenvalue weighted by Crippen LogP contribution is -2.21. The second kappa shape index (κ2) is 6.74. The number of unbranched alkanes of at least 4 members (excludes halogenated alkanes) is 1. The lowest BCUT2D eigenvalue weighted by Gasteiger charge is -2.14. The van der Waals surface area contributed by atoms with E-state index in [0.717, 1.165) is 19.4 Å². The van der Waals surface area contributed by atoms with Gasteiger partial charge in [0.15, 0.2) is 0 Å². The number of thiazole rings is 1. The zero-order valence-electron chi connectivity index (χ0n) is 8.70. The van der Waals surface area contributed by atoms with Crippen LogP contribution >= 0.6 is 11.3 Å². The molecule has 1 rings (SSSR count). The fraction of sp³-hybridized carbons (Fsp3) is 0.545. The topological polar surface area (TPSA) is 24.9 Å². The molecule has 0 fully saturated rings. The Morgan fingerprint density at radius 3 is 3.14 bits per heavy atom. The summed E-state index contributed by atoms with van der Waals surface area (Å²) >= 11 is 1.66. The first-order valence-corrected chi connectivity index (χ1v) is 6.05. The number of allylic oxidation sites excluding steroid dienone is 1. The number of rotatable bonds is 7. The highest BCUT2D eigenvalue weighted by molar-refractivity contribution is 7.07. The molecule has 0 saturated heterocycles. The van der Waals surface area contributed by atoms with E-state index < -0.39 is 0 Å². The maximum Gasteiger partial charge on any atom is 0.0795 e. The molecule has 0 aliphatic rings. The van der Waals surface area contributed by atoms with Crippen LogP contribution in [0.2, 0.25) is 0 Å². The summed E-state index contributed by atoms with van der Waals surface area (Å²) in [5.41, 5.74) is 3.08. The van der Waals surface area contributed by atoms with E-state index in [0.29, 0.717) is 6.04 Å². The van der Waals surface area contributed by atoms with E-state index in [2.05, 4.69) is 29.2 Å². The Kier molecular flexibility index (Phi) is 5.49. The molecular formula is C11H18N2S. The third-order valence-electron chi connectivity index (χ3n) is 2.16. The maximum atomic E-state index is 4.34. The van der Waals surface area contributed by atoms with E-state index in [9.17, 15) is 0 Å². The van der Waals surface area contributed by atoms with Crippen molar-refractivity contribution in [3.63, 3.8) is 0 Å². The highest BCUT2D eigenvalue weighted by Gasteiger charge is 2.10. The van der Waals surface area contributed by atoms with Crippen LogP contribution < -0.4 is 5.32 Å². The van der Waals surface area contributed by atoms with Gasteiger partial charge in [0.25, 0.3) is 0 Å². The SMILES string of the molecule is C=CCCCC(NCC)c1cscn1. The lowest BCUT2D eigenvalue weighted by molar-refractivity contribution is 0.492. The fourth-order valence-electron chi connectivity index (χ4n) is 1.46. The Labute approximate surface area is 90.1 Å². The van der Waals surface area contributed by atoms with Gasteiger partial charge in [-0.2, -0.15) is 0 Å². The quantitative estimate of drug-likeness (QED) is 0.552. The fourth-order valence-corrected chi connectivity index (χ4v) is 2.07. The number of aromatic nitrogens is 1. The van der Waals surface area contributed by atoms with E-state index in [1.807, 2.05) is 11.6 Å². The zero-order valence-corrected chi connectivity index (χ0v) is 9.52. The number of nitrogens with one attached hydrogen (secondary N) is 1. The Bertz CT molecular complexity index is 244. The average molecular weight is 210 g/mol. The smallest absolute Gasteiger partial charge is 0.0795 e. The number of hydrogen-bond acceptors (Lipinski definition) is 3. The molecule has 1 aromatic rings. The largest absolute Gasteiger partial charge is 0.309 e. The molecule has 2 nitrogen and oxygen atoms in total. The van der Waals surface area contributed by atoms with Crippen LogP contribution in [0.4, 0.5) is 0 Å². The highest BCUT2D eigenvalue weighted by atomic mass is 32.1. The van der Waals surface area contributed by atoms with Crippen molar-refractivity contribution in [1.82, 2.24) is 10.3 Å². The van der Waals surface area contributed by atoms with Gasteiger partial charge in [0.2, 0.25) is 0 Å². The predicted molar refractivity (Wildman–Crippen MR) is 62.6 cm³/mol. The van der Waals surface area contributed by atoms with Crippen molar-refractivity contribution >= 4 is 11.3 Å². The molecule has 1 N–H and O–H groups in total. The predicted octanol–water partition coefficient (Wildman–Crippen LogP) is 3.15. The molecule has 1 unspecified atom stereocenters. The van der Waals surface area contributed by atoms with Crippen molar-refractivity contribution in [2.45, 2.75) is 32.2 Å². The van der Waals surface area contributed by atoms with Crippen molar-refractivity contribution in [3.05, 3.63) is 29.2 Å². The first-order chi connectivity index (χ1) is 6.88. The zero-order chi connectivity index (χ0) is 10.2. The Morgan fingerprint density at radius 1 is 1.71 bits per heavy atom. The van der Waals surface area contributed by atoms with Crippen LogP contribution in [0.1, 0.15) is 37.9 Å². The van der Waals surface area contributed by atoms with Crippen LogP contribution in [-0.4, -0.2) is 11.5 Å². The molecule has 1 aromatic heterocycles. The van der Waals surface area contributed by atoms with Gasteiger partial charge in [-0.3, -0.25) is 0 Å². The minimum Gasteiger partial charge on any atom is -0.309 e. The van der Waals surface area contributed by atoms with E-state index in [-0.39, 0.29) is 0 Å². The normalized spacial score (nSPS) is 12.6. The molecule has 1 atom stereocenters. The van der Waals surface area contributed by atoms with Crippen molar-refractivity contribution in [1.29, 1.82) is 0 Å². The summed E-state index contributed by atoms with van der Waals surface area (Å²) in [6.07, 6.45) is 5.39. The molecule has 0 amide bonds. The molecule has 0 radical (unpaired) electrons. The van der Waals surface area contributed by atoms with Gasteiger partial charge in [0.05, 0.1) is 17.2 Å². The Morgan fingerprint density at radius 2 is 2.57 bits per heavy atom. The second-order valence-electron chi connectivity index (χ2n) is 3.24. The van der Waals surface area contributed by atoms with Crippen molar-refractivity contribution in [3.8, 4) is 0 Å². The van der Waals surface area contributed by atoms with Gasteiger partial charge >= 0.3 is 0 Å². The van der Waals surface area contributed by atoms with Crippen LogP contribution in [0.25, 0.3) is 0 Å². The summed E-state index contributed by atoms with van der Waals surface area (Å²) < 4.78 is 0. The Hall–Kier alpha value is -0.670. The minimum absolute atomic E-state index is 0.422. The maximum absolute atomic E-state index is 4.34. The molecule has 0 aliphatic heterocycles. The summed E-state index contributed by atoms with van der Waals surface area (Å²) in [7, 11) is 0. The average Bonchev–Trinajstić information content (AvgIpc) is 2.70. The van der Waals surface area contributed by atoms with E-state index in [4.69, 9.17) is 0 Å². The van der Waals surface area contributed by atoms with E-state index in [1.165, 1.54) is 12.1 Å². The van der Waals surface area contributed by atoms with Gasteiger partial charge in [-0.05, 0) is 25.8 Å². The number of hydrogen-bond donors (Lipinski definition) is 1. The highest BCUT2D eigenvalue weighted by Crippen LogP contribution is 2.19. The van der Waals surface area contributed by atoms with Gasteiger partial charge in [0, 0.05) is 5.38 Å². The molecule has 0 spiro atoms. The molecule has 0 aromatic carbocycles. The lowest BCUT2D eigenvalue weighted by atomic mass is 10.1. The van der Waals surface area contributed by atoms with Gasteiger partial charge < -0.3 is 5.32 Å². The van der Waals surface area contributed by atoms with Crippen molar-refractivity contribution < 1.29 is 0 Å². The molecule has 0 saturated carbocycles. The molecule has 0 bridgehead atoms. The number of nitrogens with zero attached hydrogens (tertiary/aromatic N) is 1. The summed E-state index contributed by atoms with van der Waals surface area (Å²) in [4.78, 5) is 4.34. The van der Waals surface area contributed by atoms with Gasteiger partial charge in [-0.1, -0.05) is 13.0 Å².